The van der Waals surface area contributed by atoms with Crippen LogP contribution < -0.4 is 5.32 Å². The lowest BCUT2D eigenvalue weighted by atomic mass is 10.1. The van der Waals surface area contributed by atoms with E-state index in [9.17, 15) is 0 Å². The number of aromatic nitrogens is 2. The molecular formula is C9H15N3O. The van der Waals surface area contributed by atoms with Crippen LogP contribution in [0.25, 0.3) is 0 Å². The third-order valence-electron chi connectivity index (χ3n) is 1.88. The second-order valence-corrected chi connectivity index (χ2v) is 3.25. The fourth-order valence-corrected chi connectivity index (χ4v) is 0.963. The zero-order chi connectivity index (χ0) is 9.68. The van der Waals surface area contributed by atoms with Crippen LogP contribution in [0.3, 0.4) is 0 Å². The molecule has 0 spiro atoms. The quantitative estimate of drug-likeness (QED) is 0.724. The largest absolute Gasteiger partial charge is 0.394 e. The maximum absolute atomic E-state index is 9.04. The summed E-state index contributed by atoms with van der Waals surface area (Å²) in [6.07, 6.45) is 3.34. The second-order valence-electron chi connectivity index (χ2n) is 3.25. The smallest absolute Gasteiger partial charge is 0.222 e. The van der Waals surface area contributed by atoms with Crippen LogP contribution in [0.2, 0.25) is 0 Å². The Balaban J connectivity index is 2.57. The second kappa shape index (κ2) is 4.77. The first-order valence-corrected chi connectivity index (χ1v) is 4.38. The predicted octanol–water partition coefficient (Wildman–Crippen LogP) is 0.905. The maximum Gasteiger partial charge on any atom is 0.222 e. The van der Waals surface area contributed by atoms with Gasteiger partial charge in [-0.3, -0.25) is 0 Å². The van der Waals surface area contributed by atoms with E-state index in [2.05, 4.69) is 15.3 Å². The molecule has 0 radical (unpaired) electrons. The molecule has 2 N–H and O–H groups in total. The first kappa shape index (κ1) is 9.92. The molecule has 0 fully saturated rings. The lowest BCUT2D eigenvalue weighted by molar-refractivity contribution is 0.248. The van der Waals surface area contributed by atoms with Crippen LogP contribution in [-0.2, 0) is 0 Å². The van der Waals surface area contributed by atoms with Crippen molar-refractivity contribution < 1.29 is 5.11 Å². The molecule has 4 heteroatoms. The zero-order valence-corrected chi connectivity index (χ0v) is 7.94. The molecule has 1 heterocycles. The van der Waals surface area contributed by atoms with Crippen molar-refractivity contribution in [3.05, 3.63) is 18.5 Å². The monoisotopic (exact) mass is 181 g/mol. The van der Waals surface area contributed by atoms with Crippen LogP contribution in [0.5, 0.6) is 0 Å². The Labute approximate surface area is 78.0 Å². The van der Waals surface area contributed by atoms with Crippen LogP contribution in [0.15, 0.2) is 18.5 Å². The number of anilines is 1. The van der Waals surface area contributed by atoms with Gasteiger partial charge in [-0.1, -0.05) is 13.8 Å². The minimum atomic E-state index is 0.0161. The molecule has 0 amide bonds. The van der Waals surface area contributed by atoms with Gasteiger partial charge in [0.05, 0.1) is 12.6 Å². The van der Waals surface area contributed by atoms with E-state index in [-0.39, 0.29) is 12.6 Å². The molecule has 72 valence electrons. The first-order valence-electron chi connectivity index (χ1n) is 4.38. The van der Waals surface area contributed by atoms with Crippen LogP contribution in [-0.4, -0.2) is 27.7 Å². The van der Waals surface area contributed by atoms with E-state index < -0.39 is 0 Å². The normalized spacial score (nSPS) is 12.9. The Hall–Kier alpha value is -1.16. The van der Waals surface area contributed by atoms with Crippen molar-refractivity contribution in [2.45, 2.75) is 19.9 Å². The van der Waals surface area contributed by atoms with Crippen LogP contribution in [0.1, 0.15) is 13.8 Å². The molecule has 0 bridgehead atoms. The van der Waals surface area contributed by atoms with Gasteiger partial charge in [-0.05, 0) is 12.0 Å². The van der Waals surface area contributed by atoms with Crippen molar-refractivity contribution in [1.82, 2.24) is 9.97 Å². The van der Waals surface area contributed by atoms with Gasteiger partial charge in [0.1, 0.15) is 0 Å². The number of nitrogens with zero attached hydrogens (tertiary/aromatic N) is 2. The van der Waals surface area contributed by atoms with Gasteiger partial charge in [0.2, 0.25) is 5.95 Å². The Kier molecular flexibility index (Phi) is 3.64. The van der Waals surface area contributed by atoms with E-state index in [0.717, 1.165) is 0 Å². The molecular weight excluding hydrogens is 166 g/mol. The summed E-state index contributed by atoms with van der Waals surface area (Å²) in [6.45, 7) is 4.17. The predicted molar refractivity (Wildman–Crippen MR) is 51.4 cm³/mol. The summed E-state index contributed by atoms with van der Waals surface area (Å²) in [5.41, 5.74) is 0. The van der Waals surface area contributed by atoms with Gasteiger partial charge in [0, 0.05) is 12.4 Å². The third-order valence-corrected chi connectivity index (χ3v) is 1.88. The molecule has 0 aliphatic carbocycles. The van der Waals surface area contributed by atoms with Crippen LogP contribution >= 0.6 is 0 Å². The Morgan fingerprint density at radius 3 is 2.46 bits per heavy atom. The molecule has 0 aliphatic heterocycles. The molecule has 4 nitrogen and oxygen atoms in total. The average molecular weight is 181 g/mol. The van der Waals surface area contributed by atoms with Gasteiger partial charge in [-0.15, -0.1) is 0 Å². The summed E-state index contributed by atoms with van der Waals surface area (Å²) < 4.78 is 0. The van der Waals surface area contributed by atoms with Crippen molar-refractivity contribution in [2.24, 2.45) is 5.92 Å². The van der Waals surface area contributed by atoms with E-state index in [1.807, 2.05) is 13.8 Å². The fraction of sp³-hybridized carbons (Fsp3) is 0.556. The third kappa shape index (κ3) is 2.99. The summed E-state index contributed by atoms with van der Waals surface area (Å²) in [5.74, 6) is 0.920. The Morgan fingerprint density at radius 2 is 2.00 bits per heavy atom. The topological polar surface area (TPSA) is 58.0 Å². The number of aliphatic hydroxyl groups is 1. The van der Waals surface area contributed by atoms with Gasteiger partial charge in [-0.25, -0.2) is 9.97 Å². The number of nitrogens with one attached hydrogen (secondary N) is 1. The van der Waals surface area contributed by atoms with E-state index in [4.69, 9.17) is 5.11 Å². The zero-order valence-electron chi connectivity index (χ0n) is 7.94. The molecule has 1 rings (SSSR count). The SMILES string of the molecule is CC(C)C(CO)Nc1ncccn1. The molecule has 0 saturated carbocycles. The highest BCUT2D eigenvalue weighted by molar-refractivity contribution is 5.24. The van der Waals surface area contributed by atoms with Crippen molar-refractivity contribution in [3.8, 4) is 0 Å². The average Bonchev–Trinajstić information content (AvgIpc) is 2.15. The highest BCUT2D eigenvalue weighted by Crippen LogP contribution is 2.06. The standard InChI is InChI=1S/C9H15N3O/c1-7(2)8(6-13)12-9-10-4-3-5-11-9/h3-5,7-8,13H,6H2,1-2H3,(H,10,11,12). The van der Waals surface area contributed by atoms with Crippen molar-refractivity contribution in [3.63, 3.8) is 0 Å². The van der Waals surface area contributed by atoms with Crippen LogP contribution in [0.4, 0.5) is 5.95 Å². The molecule has 0 aromatic carbocycles. The highest BCUT2D eigenvalue weighted by Gasteiger charge is 2.12. The van der Waals surface area contributed by atoms with Gasteiger partial charge in [-0.2, -0.15) is 0 Å². The number of rotatable bonds is 4. The summed E-state index contributed by atoms with van der Waals surface area (Å²) in [6, 6.07) is 1.77. The van der Waals surface area contributed by atoms with Gasteiger partial charge in [0.25, 0.3) is 0 Å². The van der Waals surface area contributed by atoms with E-state index in [0.29, 0.717) is 11.9 Å². The molecule has 1 unspecified atom stereocenters. The van der Waals surface area contributed by atoms with Crippen molar-refractivity contribution in [1.29, 1.82) is 0 Å². The number of aliphatic hydroxyl groups excluding tert-OH is 1. The summed E-state index contributed by atoms with van der Waals surface area (Å²) in [5, 5.41) is 12.1. The number of hydrogen-bond acceptors (Lipinski definition) is 4. The highest BCUT2D eigenvalue weighted by atomic mass is 16.3. The van der Waals surface area contributed by atoms with E-state index in [1.54, 1.807) is 18.5 Å². The summed E-state index contributed by atoms with van der Waals surface area (Å²) >= 11 is 0. The minimum absolute atomic E-state index is 0.0161. The summed E-state index contributed by atoms with van der Waals surface area (Å²) in [4.78, 5) is 8.03. The van der Waals surface area contributed by atoms with E-state index in [1.165, 1.54) is 0 Å². The Morgan fingerprint density at radius 1 is 1.38 bits per heavy atom. The molecule has 0 saturated heterocycles. The van der Waals surface area contributed by atoms with Gasteiger partial charge in [0.15, 0.2) is 0 Å². The van der Waals surface area contributed by atoms with Gasteiger partial charge >= 0.3 is 0 Å². The lowest BCUT2D eigenvalue weighted by Gasteiger charge is -2.19. The maximum atomic E-state index is 9.04. The Bertz CT molecular complexity index is 238. The van der Waals surface area contributed by atoms with E-state index >= 15 is 0 Å². The molecule has 1 aromatic heterocycles. The fourth-order valence-electron chi connectivity index (χ4n) is 0.963. The summed E-state index contributed by atoms with van der Waals surface area (Å²) in [7, 11) is 0. The molecule has 0 aliphatic rings. The lowest BCUT2D eigenvalue weighted by Crippen LogP contribution is -2.30. The molecule has 13 heavy (non-hydrogen) atoms. The van der Waals surface area contributed by atoms with Crippen LogP contribution in [0, 0.1) is 5.92 Å². The first-order chi connectivity index (χ1) is 6.24. The van der Waals surface area contributed by atoms with Crippen molar-refractivity contribution in [2.75, 3.05) is 11.9 Å². The molecule has 1 atom stereocenters. The van der Waals surface area contributed by atoms with Gasteiger partial charge < -0.3 is 10.4 Å². The number of hydrogen-bond donors (Lipinski definition) is 2. The molecule has 1 aromatic rings. The van der Waals surface area contributed by atoms with Crippen molar-refractivity contribution >= 4 is 5.95 Å². The minimum Gasteiger partial charge on any atom is -0.394 e.